The lowest BCUT2D eigenvalue weighted by Crippen LogP contribution is -2.41. The van der Waals surface area contributed by atoms with E-state index in [1.807, 2.05) is 25.1 Å². The largest absolute Gasteiger partial charge is 0.383 e. The number of hydrogen-bond donors (Lipinski definition) is 1. The molecule has 0 aliphatic heterocycles. The van der Waals surface area contributed by atoms with E-state index in [0.29, 0.717) is 18.1 Å². The van der Waals surface area contributed by atoms with E-state index in [1.54, 1.807) is 7.11 Å². The molecule has 0 saturated heterocycles. The number of rotatable bonds is 5. The average molecular weight is 314 g/mol. The van der Waals surface area contributed by atoms with Gasteiger partial charge < -0.3 is 10.1 Å². The first-order valence-corrected chi connectivity index (χ1v) is 6.81. The van der Waals surface area contributed by atoms with Gasteiger partial charge in [-0.15, -0.1) is 0 Å². The molecule has 0 aliphatic rings. The van der Waals surface area contributed by atoms with Crippen LogP contribution in [0.15, 0.2) is 22.7 Å². The van der Waals surface area contributed by atoms with Crippen molar-refractivity contribution in [1.29, 1.82) is 0 Å². The molecular formula is C14H20BrNO2. The normalized spacial score (nSPS) is 12.6. The fraction of sp³-hybridized carbons (Fsp3) is 0.500. The molecule has 1 aromatic rings. The van der Waals surface area contributed by atoms with Crippen LogP contribution in [-0.2, 0) is 4.74 Å². The minimum Gasteiger partial charge on any atom is -0.383 e. The fourth-order valence-corrected chi connectivity index (χ4v) is 2.03. The van der Waals surface area contributed by atoms with E-state index in [0.717, 1.165) is 10.0 Å². The Labute approximate surface area is 117 Å². The van der Waals surface area contributed by atoms with Crippen molar-refractivity contribution in [3.8, 4) is 0 Å². The first kappa shape index (κ1) is 15.2. The maximum absolute atomic E-state index is 12.2. The summed E-state index contributed by atoms with van der Waals surface area (Å²) in [7, 11) is 1.64. The molecule has 1 aromatic carbocycles. The van der Waals surface area contributed by atoms with Crippen LogP contribution in [0.5, 0.6) is 0 Å². The molecule has 0 bridgehead atoms. The van der Waals surface area contributed by atoms with Crippen molar-refractivity contribution >= 4 is 21.8 Å². The predicted octanol–water partition coefficient (Wildman–Crippen LogP) is 3.16. The molecule has 0 spiro atoms. The van der Waals surface area contributed by atoms with Gasteiger partial charge in [0.05, 0.1) is 12.6 Å². The average Bonchev–Trinajstić information content (AvgIpc) is 2.31. The third kappa shape index (κ3) is 4.10. The van der Waals surface area contributed by atoms with Crippen LogP contribution >= 0.6 is 15.9 Å². The van der Waals surface area contributed by atoms with Gasteiger partial charge in [0.2, 0.25) is 0 Å². The summed E-state index contributed by atoms with van der Waals surface area (Å²) < 4.78 is 6.04. The Morgan fingerprint density at radius 2 is 2.11 bits per heavy atom. The van der Waals surface area contributed by atoms with Crippen molar-refractivity contribution < 1.29 is 9.53 Å². The van der Waals surface area contributed by atoms with Gasteiger partial charge in [-0.2, -0.15) is 0 Å². The number of methoxy groups -OCH3 is 1. The zero-order valence-corrected chi connectivity index (χ0v) is 12.9. The SMILES string of the molecule is COCC(NC(=O)c1cc(Br)ccc1C)C(C)C. The van der Waals surface area contributed by atoms with Gasteiger partial charge in [0.25, 0.3) is 5.91 Å². The summed E-state index contributed by atoms with van der Waals surface area (Å²) in [5, 5.41) is 3.02. The summed E-state index contributed by atoms with van der Waals surface area (Å²) in [5.41, 5.74) is 1.67. The highest BCUT2D eigenvalue weighted by Crippen LogP contribution is 2.16. The molecule has 0 aliphatic carbocycles. The molecule has 0 fully saturated rings. The molecule has 1 amide bonds. The van der Waals surface area contributed by atoms with E-state index in [9.17, 15) is 4.79 Å². The van der Waals surface area contributed by atoms with Crippen LogP contribution in [0.3, 0.4) is 0 Å². The van der Waals surface area contributed by atoms with Gasteiger partial charge in [-0.1, -0.05) is 35.8 Å². The van der Waals surface area contributed by atoms with Crippen molar-refractivity contribution in [1.82, 2.24) is 5.32 Å². The Kier molecular flexibility index (Phi) is 5.82. The van der Waals surface area contributed by atoms with Crippen LogP contribution in [0.25, 0.3) is 0 Å². The van der Waals surface area contributed by atoms with E-state index in [1.165, 1.54) is 0 Å². The molecule has 1 rings (SSSR count). The van der Waals surface area contributed by atoms with Gasteiger partial charge in [-0.25, -0.2) is 0 Å². The number of hydrogen-bond acceptors (Lipinski definition) is 2. The maximum Gasteiger partial charge on any atom is 0.251 e. The molecule has 1 atom stereocenters. The highest BCUT2D eigenvalue weighted by molar-refractivity contribution is 9.10. The van der Waals surface area contributed by atoms with E-state index >= 15 is 0 Å². The number of halogens is 1. The molecular weight excluding hydrogens is 294 g/mol. The molecule has 100 valence electrons. The lowest BCUT2D eigenvalue weighted by atomic mass is 10.0. The summed E-state index contributed by atoms with van der Waals surface area (Å²) in [6.07, 6.45) is 0. The zero-order chi connectivity index (χ0) is 13.7. The van der Waals surface area contributed by atoms with Crippen LogP contribution in [-0.4, -0.2) is 25.7 Å². The molecule has 0 heterocycles. The summed E-state index contributed by atoms with van der Waals surface area (Å²) in [4.78, 5) is 12.2. The number of amides is 1. The smallest absolute Gasteiger partial charge is 0.251 e. The Morgan fingerprint density at radius 1 is 1.44 bits per heavy atom. The van der Waals surface area contributed by atoms with Gasteiger partial charge in [0.1, 0.15) is 0 Å². The first-order chi connectivity index (χ1) is 8.45. The standard InChI is InChI=1S/C14H20BrNO2/c1-9(2)13(8-18-4)16-14(17)12-7-11(15)6-5-10(12)3/h5-7,9,13H,8H2,1-4H3,(H,16,17). The number of nitrogens with one attached hydrogen (secondary N) is 1. The maximum atomic E-state index is 12.2. The van der Waals surface area contributed by atoms with Crippen LogP contribution < -0.4 is 5.32 Å². The van der Waals surface area contributed by atoms with Crippen LogP contribution in [0, 0.1) is 12.8 Å². The molecule has 0 aromatic heterocycles. The van der Waals surface area contributed by atoms with Crippen LogP contribution in [0.2, 0.25) is 0 Å². The van der Waals surface area contributed by atoms with E-state index in [2.05, 4.69) is 35.1 Å². The third-order valence-electron chi connectivity index (χ3n) is 2.91. The molecule has 1 unspecified atom stereocenters. The molecule has 1 N–H and O–H groups in total. The van der Waals surface area contributed by atoms with Crippen molar-refractivity contribution in [2.45, 2.75) is 26.8 Å². The first-order valence-electron chi connectivity index (χ1n) is 6.01. The van der Waals surface area contributed by atoms with Gasteiger partial charge >= 0.3 is 0 Å². The minimum atomic E-state index is -0.0513. The van der Waals surface area contributed by atoms with Crippen LogP contribution in [0.4, 0.5) is 0 Å². The second-order valence-corrected chi connectivity index (χ2v) is 5.65. The fourth-order valence-electron chi connectivity index (χ4n) is 1.67. The van der Waals surface area contributed by atoms with E-state index in [-0.39, 0.29) is 11.9 Å². The topological polar surface area (TPSA) is 38.3 Å². The molecule has 0 saturated carbocycles. The Balaban J connectivity index is 2.83. The lowest BCUT2D eigenvalue weighted by Gasteiger charge is -2.22. The van der Waals surface area contributed by atoms with Crippen molar-refractivity contribution in [3.63, 3.8) is 0 Å². The quantitative estimate of drug-likeness (QED) is 0.906. The number of benzene rings is 1. The predicted molar refractivity (Wildman–Crippen MR) is 76.8 cm³/mol. The highest BCUT2D eigenvalue weighted by Gasteiger charge is 2.18. The van der Waals surface area contributed by atoms with Gasteiger partial charge in [-0.05, 0) is 30.5 Å². The number of aryl methyl sites for hydroxylation is 1. The number of ether oxygens (including phenoxy) is 1. The Morgan fingerprint density at radius 3 is 2.67 bits per heavy atom. The number of carbonyl (C=O) groups excluding carboxylic acids is 1. The monoisotopic (exact) mass is 313 g/mol. The van der Waals surface area contributed by atoms with Crippen LogP contribution in [0.1, 0.15) is 29.8 Å². The zero-order valence-electron chi connectivity index (χ0n) is 11.3. The van der Waals surface area contributed by atoms with Crippen molar-refractivity contribution in [2.24, 2.45) is 5.92 Å². The summed E-state index contributed by atoms with van der Waals surface area (Å²) in [5.74, 6) is 0.283. The van der Waals surface area contributed by atoms with Gasteiger partial charge in [0.15, 0.2) is 0 Å². The summed E-state index contributed by atoms with van der Waals surface area (Å²) in [6, 6.07) is 5.73. The third-order valence-corrected chi connectivity index (χ3v) is 3.40. The van der Waals surface area contributed by atoms with E-state index in [4.69, 9.17) is 4.74 Å². The molecule has 0 radical (unpaired) electrons. The lowest BCUT2D eigenvalue weighted by molar-refractivity contribution is 0.0866. The van der Waals surface area contributed by atoms with Gasteiger partial charge in [-0.3, -0.25) is 4.79 Å². The van der Waals surface area contributed by atoms with Crippen molar-refractivity contribution in [3.05, 3.63) is 33.8 Å². The van der Waals surface area contributed by atoms with Crippen molar-refractivity contribution in [2.75, 3.05) is 13.7 Å². The van der Waals surface area contributed by atoms with Gasteiger partial charge in [0, 0.05) is 17.1 Å². The second-order valence-electron chi connectivity index (χ2n) is 4.74. The molecule has 3 nitrogen and oxygen atoms in total. The second kappa shape index (κ2) is 6.90. The Hall–Kier alpha value is -0.870. The summed E-state index contributed by atoms with van der Waals surface area (Å²) >= 11 is 3.39. The Bertz CT molecular complexity index is 418. The molecule has 4 heteroatoms. The number of carbonyl (C=O) groups is 1. The summed E-state index contributed by atoms with van der Waals surface area (Å²) in [6.45, 7) is 6.59. The highest BCUT2D eigenvalue weighted by atomic mass is 79.9. The molecule has 18 heavy (non-hydrogen) atoms. The van der Waals surface area contributed by atoms with E-state index < -0.39 is 0 Å². The minimum absolute atomic E-state index is 0.0286.